The van der Waals surface area contributed by atoms with Gasteiger partial charge in [-0.25, -0.2) is 0 Å². The van der Waals surface area contributed by atoms with E-state index < -0.39 is 0 Å². The third-order valence-electron chi connectivity index (χ3n) is 5.10. The van der Waals surface area contributed by atoms with Crippen LogP contribution in [-0.4, -0.2) is 37.0 Å². The molecule has 0 radical (unpaired) electrons. The second-order valence-electron chi connectivity index (χ2n) is 6.72. The Morgan fingerprint density at radius 2 is 1.52 bits per heavy atom. The van der Waals surface area contributed by atoms with E-state index in [4.69, 9.17) is 0 Å². The fourth-order valence-electron chi connectivity index (χ4n) is 3.68. The van der Waals surface area contributed by atoms with Gasteiger partial charge in [-0.1, -0.05) is 60.7 Å². The highest BCUT2D eigenvalue weighted by molar-refractivity contribution is 5.94. The van der Waals surface area contributed by atoms with Crippen molar-refractivity contribution in [1.29, 1.82) is 0 Å². The molecule has 1 aliphatic rings. The number of nitrogens with zero attached hydrogens (tertiary/aromatic N) is 1. The number of amides is 1. The van der Waals surface area contributed by atoms with Crippen molar-refractivity contribution < 1.29 is 9.69 Å². The number of quaternary nitrogens is 1. The molecule has 126 valence electrons. The van der Waals surface area contributed by atoms with Gasteiger partial charge in [-0.2, -0.15) is 0 Å². The second kappa shape index (κ2) is 7.08. The minimum atomic E-state index is 0.157. The maximum atomic E-state index is 12.6. The number of nitrogens with one attached hydrogen (secondary N) is 1. The van der Waals surface area contributed by atoms with Crippen molar-refractivity contribution in [2.24, 2.45) is 0 Å². The highest BCUT2D eigenvalue weighted by Crippen LogP contribution is 2.17. The molecule has 1 amide bonds. The Kier molecular flexibility index (Phi) is 4.49. The molecule has 1 heterocycles. The lowest BCUT2D eigenvalue weighted by Gasteiger charge is -2.32. The molecule has 0 unspecified atom stereocenters. The molecular weight excluding hydrogens is 308 g/mol. The fourth-order valence-corrected chi connectivity index (χ4v) is 3.68. The smallest absolute Gasteiger partial charge is 0.254 e. The summed E-state index contributed by atoms with van der Waals surface area (Å²) in [6, 6.07) is 24.7. The summed E-state index contributed by atoms with van der Waals surface area (Å²) in [5, 5.41) is 2.65. The van der Waals surface area contributed by atoms with E-state index in [1.165, 1.54) is 16.3 Å². The largest absolute Gasteiger partial charge is 0.328 e. The van der Waals surface area contributed by atoms with Crippen LogP contribution >= 0.6 is 0 Å². The minimum absolute atomic E-state index is 0.157. The summed E-state index contributed by atoms with van der Waals surface area (Å²) in [6.45, 7) is 4.68. The Bertz CT molecular complexity index is 862. The van der Waals surface area contributed by atoms with Gasteiger partial charge in [0.2, 0.25) is 0 Å². The van der Waals surface area contributed by atoms with E-state index in [-0.39, 0.29) is 5.91 Å². The van der Waals surface area contributed by atoms with Crippen LogP contribution in [0.1, 0.15) is 15.9 Å². The van der Waals surface area contributed by atoms with Crippen LogP contribution < -0.4 is 4.90 Å². The third-order valence-corrected chi connectivity index (χ3v) is 5.10. The molecule has 0 aliphatic carbocycles. The monoisotopic (exact) mass is 331 g/mol. The first-order valence-electron chi connectivity index (χ1n) is 8.96. The average molecular weight is 331 g/mol. The van der Waals surface area contributed by atoms with Gasteiger partial charge in [0.25, 0.3) is 5.91 Å². The average Bonchev–Trinajstić information content (AvgIpc) is 2.69. The van der Waals surface area contributed by atoms with Crippen LogP contribution in [0.5, 0.6) is 0 Å². The van der Waals surface area contributed by atoms with E-state index in [1.54, 1.807) is 4.90 Å². The lowest BCUT2D eigenvalue weighted by Crippen LogP contribution is -3.13. The molecule has 3 aromatic rings. The van der Waals surface area contributed by atoms with Crippen molar-refractivity contribution >= 4 is 16.7 Å². The Morgan fingerprint density at radius 3 is 2.32 bits per heavy atom. The van der Waals surface area contributed by atoms with Gasteiger partial charge >= 0.3 is 0 Å². The number of hydrogen-bond donors (Lipinski definition) is 1. The van der Waals surface area contributed by atoms with Gasteiger partial charge in [0.1, 0.15) is 6.54 Å². The van der Waals surface area contributed by atoms with Crippen molar-refractivity contribution in [3.8, 4) is 0 Å². The van der Waals surface area contributed by atoms with E-state index in [2.05, 4.69) is 42.5 Å². The van der Waals surface area contributed by atoms with Gasteiger partial charge in [-0.15, -0.1) is 0 Å². The van der Waals surface area contributed by atoms with Crippen molar-refractivity contribution in [2.75, 3.05) is 26.2 Å². The predicted octanol–water partition coefficient (Wildman–Crippen LogP) is 2.38. The molecule has 3 nitrogen and oxygen atoms in total. The number of fused-ring (bicyclic) bond motifs is 1. The fraction of sp³-hybridized carbons (Fsp3) is 0.227. The van der Waals surface area contributed by atoms with Crippen LogP contribution in [0.4, 0.5) is 0 Å². The summed E-state index contributed by atoms with van der Waals surface area (Å²) < 4.78 is 0. The van der Waals surface area contributed by atoms with Crippen molar-refractivity contribution in [2.45, 2.75) is 6.54 Å². The zero-order valence-corrected chi connectivity index (χ0v) is 14.3. The Morgan fingerprint density at radius 1 is 0.840 bits per heavy atom. The quantitative estimate of drug-likeness (QED) is 0.783. The first-order valence-corrected chi connectivity index (χ1v) is 8.96. The summed E-state index contributed by atoms with van der Waals surface area (Å²) in [5.74, 6) is 0.157. The number of carbonyl (C=O) groups excluding carboxylic acids is 1. The first kappa shape index (κ1) is 15.9. The molecule has 1 saturated heterocycles. The molecule has 1 N–H and O–H groups in total. The molecule has 0 bridgehead atoms. The van der Waals surface area contributed by atoms with Gasteiger partial charge in [0, 0.05) is 11.1 Å². The molecule has 0 atom stereocenters. The Hall–Kier alpha value is -2.65. The first-order chi connectivity index (χ1) is 12.3. The van der Waals surface area contributed by atoms with E-state index in [9.17, 15) is 4.79 Å². The third kappa shape index (κ3) is 3.42. The van der Waals surface area contributed by atoms with Crippen LogP contribution in [0, 0.1) is 0 Å². The number of carbonyl (C=O) groups is 1. The maximum absolute atomic E-state index is 12.6. The highest BCUT2D eigenvalue weighted by Gasteiger charge is 2.24. The van der Waals surface area contributed by atoms with Crippen molar-refractivity contribution in [1.82, 2.24) is 4.90 Å². The lowest BCUT2D eigenvalue weighted by molar-refractivity contribution is -0.917. The number of rotatable bonds is 3. The normalized spacial score (nSPS) is 15.4. The van der Waals surface area contributed by atoms with Crippen LogP contribution in [0.15, 0.2) is 72.8 Å². The van der Waals surface area contributed by atoms with Crippen molar-refractivity contribution in [3.05, 3.63) is 83.9 Å². The summed E-state index contributed by atoms with van der Waals surface area (Å²) >= 11 is 0. The van der Waals surface area contributed by atoms with E-state index in [0.717, 1.165) is 38.3 Å². The second-order valence-corrected chi connectivity index (χ2v) is 6.72. The molecule has 1 aliphatic heterocycles. The van der Waals surface area contributed by atoms with Crippen LogP contribution in [0.3, 0.4) is 0 Å². The van der Waals surface area contributed by atoms with Gasteiger partial charge < -0.3 is 9.80 Å². The topological polar surface area (TPSA) is 24.8 Å². The zero-order chi connectivity index (χ0) is 17.1. The standard InChI is InChI=1S/C22H22N2O/c25-22(19-8-2-1-3-9-19)24-15-13-23(14-16-24)17-20-11-6-10-18-7-4-5-12-21(18)20/h1-12H,13-17H2/p+1. The molecule has 0 saturated carbocycles. The van der Waals surface area contributed by atoms with Gasteiger partial charge in [-0.05, 0) is 22.9 Å². The molecule has 0 aromatic heterocycles. The summed E-state index contributed by atoms with van der Waals surface area (Å²) in [6.07, 6.45) is 0. The predicted molar refractivity (Wildman–Crippen MR) is 101 cm³/mol. The zero-order valence-electron chi connectivity index (χ0n) is 14.3. The molecule has 3 heteroatoms. The summed E-state index contributed by atoms with van der Waals surface area (Å²) in [5.41, 5.74) is 2.19. The molecule has 4 rings (SSSR count). The molecular formula is C22H23N2O+. The molecule has 0 spiro atoms. The molecule has 1 fully saturated rings. The minimum Gasteiger partial charge on any atom is -0.328 e. The molecule has 25 heavy (non-hydrogen) atoms. The summed E-state index contributed by atoms with van der Waals surface area (Å²) in [7, 11) is 0. The van der Waals surface area contributed by atoms with E-state index in [1.807, 2.05) is 35.2 Å². The Labute approximate surface area is 148 Å². The summed E-state index contributed by atoms with van der Waals surface area (Å²) in [4.78, 5) is 16.1. The van der Waals surface area contributed by atoms with Crippen LogP contribution in [-0.2, 0) is 6.54 Å². The van der Waals surface area contributed by atoms with Gasteiger partial charge in [0.05, 0.1) is 26.2 Å². The number of benzene rings is 3. The number of hydrogen-bond acceptors (Lipinski definition) is 1. The maximum Gasteiger partial charge on any atom is 0.254 e. The van der Waals surface area contributed by atoms with E-state index >= 15 is 0 Å². The van der Waals surface area contributed by atoms with Crippen molar-refractivity contribution in [3.63, 3.8) is 0 Å². The number of piperazine rings is 1. The lowest BCUT2D eigenvalue weighted by atomic mass is 10.0. The van der Waals surface area contributed by atoms with E-state index in [0.29, 0.717) is 0 Å². The van der Waals surface area contributed by atoms with Crippen LogP contribution in [0.2, 0.25) is 0 Å². The SMILES string of the molecule is O=C(c1ccccc1)N1CC[NH+](Cc2cccc3ccccc23)CC1. The Balaban J connectivity index is 1.41. The van der Waals surface area contributed by atoms with Crippen LogP contribution in [0.25, 0.3) is 10.8 Å². The molecule has 3 aromatic carbocycles. The van der Waals surface area contributed by atoms with Gasteiger partial charge in [0.15, 0.2) is 0 Å². The van der Waals surface area contributed by atoms with Gasteiger partial charge in [-0.3, -0.25) is 4.79 Å². The highest BCUT2D eigenvalue weighted by atomic mass is 16.2.